The SMILES string of the molecule is CC(C)(C)c1cc(CCCSCC(=O)Nc2sc3c(c2C#N)CCCCCC3)cc(C(C)(C)C)c1O. The summed E-state index contributed by atoms with van der Waals surface area (Å²) in [4.78, 5) is 13.9. The van der Waals surface area contributed by atoms with E-state index in [0.717, 1.165) is 60.4 Å². The summed E-state index contributed by atoms with van der Waals surface area (Å²) in [5.41, 5.74) is 4.83. The number of nitriles is 1. The van der Waals surface area contributed by atoms with Crippen LogP contribution in [0, 0.1) is 11.3 Å². The molecule has 196 valence electrons. The third-order valence-electron chi connectivity index (χ3n) is 6.81. The molecule has 0 fully saturated rings. The van der Waals surface area contributed by atoms with Gasteiger partial charge in [0.1, 0.15) is 16.8 Å². The largest absolute Gasteiger partial charge is 0.507 e. The minimum atomic E-state index is -0.130. The van der Waals surface area contributed by atoms with E-state index in [1.807, 2.05) is 0 Å². The Morgan fingerprint density at radius 2 is 1.67 bits per heavy atom. The number of carbonyl (C=O) groups is 1. The van der Waals surface area contributed by atoms with Crippen molar-refractivity contribution in [1.82, 2.24) is 0 Å². The predicted molar refractivity (Wildman–Crippen MR) is 155 cm³/mol. The first kappa shape index (κ1) is 28.6. The molecule has 1 aliphatic carbocycles. The van der Waals surface area contributed by atoms with Gasteiger partial charge >= 0.3 is 0 Å². The summed E-state index contributed by atoms with van der Waals surface area (Å²) in [6, 6.07) is 6.65. The molecule has 3 rings (SSSR count). The number of phenols is 1. The average Bonchev–Trinajstić information content (AvgIpc) is 3.07. The molecule has 36 heavy (non-hydrogen) atoms. The molecule has 1 heterocycles. The number of rotatable bonds is 7. The summed E-state index contributed by atoms with van der Waals surface area (Å²) in [7, 11) is 0. The lowest BCUT2D eigenvalue weighted by molar-refractivity contribution is -0.113. The van der Waals surface area contributed by atoms with Crippen molar-refractivity contribution in [3.63, 3.8) is 0 Å². The second kappa shape index (κ2) is 12.0. The van der Waals surface area contributed by atoms with Crippen molar-refractivity contribution in [1.29, 1.82) is 5.26 Å². The fourth-order valence-electron chi connectivity index (χ4n) is 4.81. The number of anilines is 1. The number of hydrogen-bond donors (Lipinski definition) is 2. The van der Waals surface area contributed by atoms with Crippen LogP contribution in [0.2, 0.25) is 0 Å². The Labute approximate surface area is 225 Å². The van der Waals surface area contributed by atoms with Gasteiger partial charge in [-0.05, 0) is 77.4 Å². The predicted octanol–water partition coefficient (Wildman–Crippen LogP) is 7.88. The summed E-state index contributed by atoms with van der Waals surface area (Å²) in [5, 5.41) is 24.4. The standard InChI is InChI=1S/C30H42N2O2S2/c1-29(2,3)23-16-20(17-24(27(23)34)30(4,5)6)12-11-15-35-19-26(33)32-28-22(18-31)21-13-9-7-8-10-14-25(21)36-28/h16-17,34H,7-15,19H2,1-6H3,(H,32,33). The minimum Gasteiger partial charge on any atom is -0.507 e. The maximum Gasteiger partial charge on any atom is 0.235 e. The fraction of sp³-hybridized carbons (Fsp3) is 0.600. The van der Waals surface area contributed by atoms with Crippen LogP contribution < -0.4 is 5.32 Å². The van der Waals surface area contributed by atoms with Crippen molar-refractivity contribution < 1.29 is 9.90 Å². The molecule has 0 saturated carbocycles. The zero-order valence-electron chi connectivity index (χ0n) is 22.8. The minimum absolute atomic E-state index is 0.0274. The molecular weight excluding hydrogens is 484 g/mol. The van der Waals surface area contributed by atoms with E-state index in [0.29, 0.717) is 17.1 Å². The Morgan fingerprint density at radius 3 is 2.25 bits per heavy atom. The van der Waals surface area contributed by atoms with Crippen LogP contribution in [0.3, 0.4) is 0 Å². The number of aromatic hydroxyl groups is 1. The van der Waals surface area contributed by atoms with Gasteiger partial charge in [0.05, 0.1) is 11.3 Å². The topological polar surface area (TPSA) is 73.1 Å². The van der Waals surface area contributed by atoms with E-state index in [1.54, 1.807) is 23.1 Å². The van der Waals surface area contributed by atoms with Gasteiger partial charge in [0, 0.05) is 4.88 Å². The monoisotopic (exact) mass is 526 g/mol. The number of thiophene rings is 1. The van der Waals surface area contributed by atoms with Crippen molar-refractivity contribution in [2.24, 2.45) is 0 Å². The summed E-state index contributed by atoms with van der Waals surface area (Å²) in [6.45, 7) is 12.8. The normalized spacial score (nSPS) is 14.5. The summed E-state index contributed by atoms with van der Waals surface area (Å²) in [6.07, 6.45) is 8.60. The first-order chi connectivity index (χ1) is 16.9. The molecule has 4 nitrogen and oxygen atoms in total. The Hall–Kier alpha value is -1.97. The third-order valence-corrected chi connectivity index (χ3v) is 9.06. The molecule has 0 aliphatic heterocycles. The molecule has 2 aromatic rings. The highest BCUT2D eigenvalue weighted by Crippen LogP contribution is 2.40. The Balaban J connectivity index is 1.56. The number of fused-ring (bicyclic) bond motifs is 1. The lowest BCUT2D eigenvalue weighted by Crippen LogP contribution is -2.18. The highest BCUT2D eigenvalue weighted by atomic mass is 32.2. The lowest BCUT2D eigenvalue weighted by Gasteiger charge is -2.28. The number of amides is 1. The molecule has 0 radical (unpaired) electrons. The van der Waals surface area contributed by atoms with Gasteiger partial charge in [-0.1, -0.05) is 66.5 Å². The van der Waals surface area contributed by atoms with Crippen LogP contribution in [0.4, 0.5) is 5.00 Å². The van der Waals surface area contributed by atoms with Gasteiger partial charge in [0.15, 0.2) is 0 Å². The Morgan fingerprint density at radius 1 is 1.06 bits per heavy atom. The number of aryl methyl sites for hydroxylation is 2. The summed E-state index contributed by atoms with van der Waals surface area (Å²) >= 11 is 3.24. The zero-order valence-corrected chi connectivity index (χ0v) is 24.5. The fourth-order valence-corrected chi connectivity index (χ4v) is 6.82. The third kappa shape index (κ3) is 7.29. The molecule has 2 N–H and O–H groups in total. The first-order valence-corrected chi connectivity index (χ1v) is 15.2. The van der Waals surface area contributed by atoms with Crippen LogP contribution >= 0.6 is 23.1 Å². The molecule has 6 heteroatoms. The van der Waals surface area contributed by atoms with Crippen LogP contribution in [-0.2, 0) is 34.9 Å². The second-order valence-corrected chi connectivity index (χ2v) is 14.2. The number of benzene rings is 1. The van der Waals surface area contributed by atoms with Gasteiger partial charge in [0.2, 0.25) is 5.91 Å². The Bertz CT molecular complexity index is 1080. The van der Waals surface area contributed by atoms with Crippen molar-refractivity contribution in [3.05, 3.63) is 44.8 Å². The van der Waals surface area contributed by atoms with Crippen LogP contribution in [0.5, 0.6) is 5.75 Å². The number of hydrogen-bond acceptors (Lipinski definition) is 5. The first-order valence-electron chi connectivity index (χ1n) is 13.2. The van der Waals surface area contributed by atoms with E-state index in [-0.39, 0.29) is 16.7 Å². The van der Waals surface area contributed by atoms with Crippen LogP contribution in [-0.4, -0.2) is 22.5 Å². The smallest absolute Gasteiger partial charge is 0.235 e. The van der Waals surface area contributed by atoms with E-state index in [2.05, 4.69) is 65.1 Å². The van der Waals surface area contributed by atoms with Gasteiger partial charge in [-0.25, -0.2) is 0 Å². The van der Waals surface area contributed by atoms with Crippen LogP contribution in [0.1, 0.15) is 106 Å². The molecular formula is C30H42N2O2S2. The molecule has 1 aromatic carbocycles. The van der Waals surface area contributed by atoms with Crippen molar-refractivity contribution >= 4 is 34.0 Å². The van der Waals surface area contributed by atoms with E-state index in [9.17, 15) is 15.2 Å². The maximum atomic E-state index is 12.6. The summed E-state index contributed by atoms with van der Waals surface area (Å²) < 4.78 is 0. The highest BCUT2D eigenvalue weighted by molar-refractivity contribution is 7.99. The maximum absolute atomic E-state index is 12.6. The quantitative estimate of drug-likeness (QED) is 0.360. The van der Waals surface area contributed by atoms with E-state index in [1.165, 1.54) is 28.8 Å². The summed E-state index contributed by atoms with van der Waals surface area (Å²) in [5.74, 6) is 1.67. The van der Waals surface area contributed by atoms with Gasteiger partial charge in [-0.15, -0.1) is 11.3 Å². The molecule has 0 unspecified atom stereocenters. The van der Waals surface area contributed by atoms with Gasteiger partial charge < -0.3 is 10.4 Å². The molecule has 1 aliphatic rings. The number of phenolic OH excluding ortho intramolecular Hbond substituents is 1. The molecule has 0 saturated heterocycles. The zero-order chi connectivity index (χ0) is 26.5. The molecule has 0 atom stereocenters. The molecule has 1 aromatic heterocycles. The van der Waals surface area contributed by atoms with E-state index in [4.69, 9.17) is 0 Å². The highest BCUT2D eigenvalue weighted by Gasteiger charge is 2.26. The van der Waals surface area contributed by atoms with Crippen LogP contribution in [0.25, 0.3) is 0 Å². The molecule has 1 amide bonds. The van der Waals surface area contributed by atoms with Crippen molar-refractivity contribution in [2.45, 2.75) is 104 Å². The van der Waals surface area contributed by atoms with Gasteiger partial charge in [0.25, 0.3) is 0 Å². The van der Waals surface area contributed by atoms with Crippen molar-refractivity contribution in [3.8, 4) is 11.8 Å². The number of carbonyl (C=O) groups excluding carboxylic acids is 1. The van der Waals surface area contributed by atoms with Gasteiger partial charge in [-0.3, -0.25) is 4.79 Å². The number of thioether (sulfide) groups is 1. The Kier molecular flexibility index (Phi) is 9.57. The number of nitrogens with zero attached hydrogens (tertiary/aromatic N) is 1. The lowest BCUT2D eigenvalue weighted by atomic mass is 9.78. The van der Waals surface area contributed by atoms with E-state index < -0.39 is 0 Å². The van der Waals surface area contributed by atoms with Crippen molar-refractivity contribution in [2.75, 3.05) is 16.8 Å². The molecule has 0 spiro atoms. The van der Waals surface area contributed by atoms with Crippen LogP contribution in [0.15, 0.2) is 12.1 Å². The van der Waals surface area contributed by atoms with Gasteiger partial charge in [-0.2, -0.15) is 17.0 Å². The van der Waals surface area contributed by atoms with E-state index >= 15 is 0 Å². The molecule has 0 bridgehead atoms. The number of nitrogens with one attached hydrogen (secondary N) is 1. The second-order valence-electron chi connectivity index (χ2n) is 12.0. The average molecular weight is 527 g/mol.